The van der Waals surface area contributed by atoms with Gasteiger partial charge in [0.1, 0.15) is 5.69 Å². The largest absolute Gasteiger partial charge is 0.307 e. The van der Waals surface area contributed by atoms with Gasteiger partial charge in [-0.3, -0.25) is 10.2 Å². The molecule has 0 aliphatic carbocycles. The molecule has 72 valence electrons. The van der Waals surface area contributed by atoms with Crippen molar-refractivity contribution in [3.63, 3.8) is 0 Å². The van der Waals surface area contributed by atoms with E-state index in [9.17, 15) is 4.79 Å². The zero-order chi connectivity index (χ0) is 10.4. The van der Waals surface area contributed by atoms with Crippen LogP contribution >= 0.6 is 0 Å². The van der Waals surface area contributed by atoms with Crippen LogP contribution in [0.3, 0.4) is 0 Å². The number of Topliss-reactive ketones (excluding diaryl/α,β-unsaturated/α-hetero) is 1. The summed E-state index contributed by atoms with van der Waals surface area (Å²) in [6.45, 7) is 1.40. The number of carbonyl (C=O) groups is 1. The summed E-state index contributed by atoms with van der Waals surface area (Å²) >= 11 is 0. The SMILES string of the molecule is CC(=O)c1nccnc1N/N=C\C=N. The molecule has 0 aliphatic heterocycles. The fourth-order valence-corrected chi connectivity index (χ4v) is 0.813. The molecule has 0 unspecified atom stereocenters. The van der Waals surface area contributed by atoms with Crippen molar-refractivity contribution in [3.8, 4) is 0 Å². The van der Waals surface area contributed by atoms with Crippen LogP contribution in [-0.4, -0.2) is 28.2 Å². The predicted molar refractivity (Wildman–Crippen MR) is 52.9 cm³/mol. The van der Waals surface area contributed by atoms with E-state index < -0.39 is 0 Å². The monoisotopic (exact) mass is 191 g/mol. The minimum absolute atomic E-state index is 0.189. The zero-order valence-corrected chi connectivity index (χ0v) is 7.56. The van der Waals surface area contributed by atoms with Gasteiger partial charge < -0.3 is 5.41 Å². The first-order valence-corrected chi connectivity index (χ1v) is 3.85. The van der Waals surface area contributed by atoms with Crippen LogP contribution in [0.4, 0.5) is 5.82 Å². The van der Waals surface area contributed by atoms with E-state index in [1.165, 1.54) is 25.5 Å². The van der Waals surface area contributed by atoms with Crippen LogP contribution in [0.15, 0.2) is 17.5 Å². The first kappa shape index (κ1) is 9.97. The van der Waals surface area contributed by atoms with E-state index in [1.54, 1.807) is 0 Å². The second kappa shape index (κ2) is 4.80. The van der Waals surface area contributed by atoms with E-state index in [4.69, 9.17) is 5.41 Å². The molecule has 0 amide bonds. The van der Waals surface area contributed by atoms with Crippen LogP contribution in [0.2, 0.25) is 0 Å². The lowest BCUT2D eigenvalue weighted by Gasteiger charge is -2.01. The topological polar surface area (TPSA) is 91.1 Å². The Labute approximate surface area is 80.6 Å². The molecular weight excluding hydrogens is 182 g/mol. The van der Waals surface area contributed by atoms with Crippen molar-refractivity contribution in [3.05, 3.63) is 18.1 Å². The van der Waals surface area contributed by atoms with E-state index in [0.717, 1.165) is 6.21 Å². The Morgan fingerprint density at radius 3 is 2.93 bits per heavy atom. The standard InChI is InChI=1S/C8H9N5O/c1-6(14)7-8(11-5-4-10-7)13-12-3-2-9/h2-5,9H,1H3,(H,11,13)/b9-2?,12-3-. The zero-order valence-electron chi connectivity index (χ0n) is 7.56. The average Bonchev–Trinajstić information content (AvgIpc) is 2.19. The Balaban J connectivity index is 2.89. The van der Waals surface area contributed by atoms with Gasteiger partial charge in [0.25, 0.3) is 0 Å². The highest BCUT2D eigenvalue weighted by atomic mass is 16.1. The third-order valence-electron chi connectivity index (χ3n) is 1.35. The number of carbonyl (C=O) groups excluding carboxylic acids is 1. The molecule has 6 heteroatoms. The second-order valence-corrected chi connectivity index (χ2v) is 2.37. The van der Waals surface area contributed by atoms with E-state index >= 15 is 0 Å². The number of ketones is 1. The Hall–Kier alpha value is -2.11. The highest BCUT2D eigenvalue weighted by Gasteiger charge is 2.07. The summed E-state index contributed by atoms with van der Waals surface area (Å²) in [5.41, 5.74) is 2.75. The van der Waals surface area contributed by atoms with Gasteiger partial charge >= 0.3 is 0 Å². The van der Waals surface area contributed by atoms with Gasteiger partial charge in [0.15, 0.2) is 11.6 Å². The number of hydrogen-bond acceptors (Lipinski definition) is 6. The van der Waals surface area contributed by atoms with Gasteiger partial charge in [-0.1, -0.05) is 0 Å². The molecule has 1 heterocycles. The molecule has 1 rings (SSSR count). The molecule has 0 atom stereocenters. The molecule has 2 N–H and O–H groups in total. The number of aromatic nitrogens is 2. The van der Waals surface area contributed by atoms with Crippen LogP contribution in [0, 0.1) is 5.41 Å². The van der Waals surface area contributed by atoms with Crippen molar-refractivity contribution >= 4 is 24.0 Å². The molecule has 0 saturated carbocycles. The maximum Gasteiger partial charge on any atom is 0.181 e. The molecule has 0 radical (unpaired) electrons. The summed E-state index contributed by atoms with van der Waals surface area (Å²) in [5, 5.41) is 10.3. The number of anilines is 1. The van der Waals surface area contributed by atoms with Gasteiger partial charge in [0, 0.05) is 25.5 Å². The maximum atomic E-state index is 11.1. The van der Waals surface area contributed by atoms with Crippen LogP contribution in [0.25, 0.3) is 0 Å². The van der Waals surface area contributed by atoms with Gasteiger partial charge in [-0.05, 0) is 0 Å². The van der Waals surface area contributed by atoms with Crippen LogP contribution in [0.5, 0.6) is 0 Å². The smallest absolute Gasteiger partial charge is 0.181 e. The van der Waals surface area contributed by atoms with Gasteiger partial charge in [-0.2, -0.15) is 5.10 Å². The minimum atomic E-state index is -0.189. The van der Waals surface area contributed by atoms with Gasteiger partial charge in [0.2, 0.25) is 0 Å². The number of nitrogens with one attached hydrogen (secondary N) is 2. The molecule has 0 saturated heterocycles. The van der Waals surface area contributed by atoms with Crippen molar-refractivity contribution in [1.82, 2.24) is 9.97 Å². The first-order chi connectivity index (χ1) is 6.75. The van der Waals surface area contributed by atoms with Crippen molar-refractivity contribution in [2.45, 2.75) is 6.92 Å². The van der Waals surface area contributed by atoms with Crippen LogP contribution in [0.1, 0.15) is 17.4 Å². The van der Waals surface area contributed by atoms with E-state index in [1.807, 2.05) is 0 Å². The number of hydrogen-bond donors (Lipinski definition) is 2. The summed E-state index contributed by atoms with van der Waals surface area (Å²) in [7, 11) is 0. The van der Waals surface area contributed by atoms with Crippen LogP contribution < -0.4 is 5.43 Å². The first-order valence-electron chi connectivity index (χ1n) is 3.85. The molecule has 1 aromatic rings. The lowest BCUT2D eigenvalue weighted by atomic mass is 10.3. The molecular formula is C8H9N5O. The Bertz CT molecular complexity index is 374. The summed E-state index contributed by atoms with van der Waals surface area (Å²) in [6, 6.07) is 0. The minimum Gasteiger partial charge on any atom is -0.307 e. The predicted octanol–water partition coefficient (Wildman–Crippen LogP) is 0.726. The normalized spacial score (nSPS) is 10.1. The lowest BCUT2D eigenvalue weighted by Crippen LogP contribution is -2.04. The van der Waals surface area contributed by atoms with E-state index in [2.05, 4.69) is 20.5 Å². The van der Waals surface area contributed by atoms with Crippen molar-refractivity contribution in [2.24, 2.45) is 5.10 Å². The Morgan fingerprint density at radius 2 is 2.29 bits per heavy atom. The summed E-state index contributed by atoms with van der Waals surface area (Å²) in [5.74, 6) is 0.101. The number of hydrazone groups is 1. The van der Waals surface area contributed by atoms with E-state index in [0.29, 0.717) is 0 Å². The van der Waals surface area contributed by atoms with Gasteiger partial charge in [0.05, 0.1) is 6.21 Å². The molecule has 0 fully saturated rings. The summed E-state index contributed by atoms with van der Waals surface area (Å²) in [4.78, 5) is 18.8. The van der Waals surface area contributed by atoms with Crippen molar-refractivity contribution in [2.75, 3.05) is 5.43 Å². The fourth-order valence-electron chi connectivity index (χ4n) is 0.813. The third kappa shape index (κ3) is 2.44. The molecule has 14 heavy (non-hydrogen) atoms. The maximum absolute atomic E-state index is 11.1. The summed E-state index contributed by atoms with van der Waals surface area (Å²) in [6.07, 6.45) is 5.13. The molecule has 1 aromatic heterocycles. The number of rotatable bonds is 4. The highest BCUT2D eigenvalue weighted by Crippen LogP contribution is 2.07. The Kier molecular flexibility index (Phi) is 3.42. The lowest BCUT2D eigenvalue weighted by molar-refractivity contribution is 0.101. The van der Waals surface area contributed by atoms with Crippen molar-refractivity contribution < 1.29 is 4.79 Å². The van der Waals surface area contributed by atoms with E-state index in [-0.39, 0.29) is 17.3 Å². The quantitative estimate of drug-likeness (QED) is 0.417. The molecule has 0 aliphatic rings. The second-order valence-electron chi connectivity index (χ2n) is 2.37. The summed E-state index contributed by atoms with van der Waals surface area (Å²) < 4.78 is 0. The number of nitrogens with zero attached hydrogens (tertiary/aromatic N) is 3. The van der Waals surface area contributed by atoms with Crippen molar-refractivity contribution in [1.29, 1.82) is 5.41 Å². The van der Waals surface area contributed by atoms with Crippen LogP contribution in [-0.2, 0) is 0 Å². The van der Waals surface area contributed by atoms with Gasteiger partial charge in [-0.25, -0.2) is 9.97 Å². The Morgan fingerprint density at radius 1 is 1.57 bits per heavy atom. The molecule has 6 nitrogen and oxygen atoms in total. The third-order valence-corrected chi connectivity index (χ3v) is 1.35. The van der Waals surface area contributed by atoms with Gasteiger partial charge in [-0.15, -0.1) is 0 Å². The molecule has 0 bridgehead atoms. The molecule has 0 aromatic carbocycles. The fraction of sp³-hybridized carbons (Fsp3) is 0.125. The highest BCUT2D eigenvalue weighted by molar-refractivity contribution is 6.14. The molecule has 0 spiro atoms. The average molecular weight is 191 g/mol.